The van der Waals surface area contributed by atoms with E-state index in [1.807, 2.05) is 24.4 Å². The summed E-state index contributed by atoms with van der Waals surface area (Å²) in [6.07, 6.45) is 5.12. The van der Waals surface area contributed by atoms with Gasteiger partial charge in [-0.2, -0.15) is 0 Å². The summed E-state index contributed by atoms with van der Waals surface area (Å²) in [4.78, 5) is 19.3. The molecule has 1 aromatic carbocycles. The Hall–Kier alpha value is -2.40. The van der Waals surface area contributed by atoms with E-state index in [4.69, 9.17) is 9.47 Å². The lowest BCUT2D eigenvalue weighted by atomic mass is 9.97. The average Bonchev–Trinajstić information content (AvgIpc) is 2.97. The highest BCUT2D eigenvalue weighted by Gasteiger charge is 2.32. The highest BCUT2D eigenvalue weighted by Crippen LogP contribution is 2.38. The van der Waals surface area contributed by atoms with Crippen LogP contribution < -0.4 is 9.64 Å². The summed E-state index contributed by atoms with van der Waals surface area (Å²) in [5, 5.41) is 0. The molecule has 0 amide bonds. The first-order valence-corrected chi connectivity index (χ1v) is 8.73. The van der Waals surface area contributed by atoms with E-state index >= 15 is 0 Å². The van der Waals surface area contributed by atoms with E-state index in [2.05, 4.69) is 16.0 Å². The first-order chi connectivity index (χ1) is 12.3. The molecule has 0 radical (unpaired) electrons. The molecule has 1 atom stereocenters. The van der Waals surface area contributed by atoms with E-state index in [0.29, 0.717) is 0 Å². The Morgan fingerprint density at radius 3 is 2.88 bits per heavy atom. The predicted octanol–water partition coefficient (Wildman–Crippen LogP) is 2.52. The molecule has 0 saturated carbocycles. The van der Waals surface area contributed by atoms with Crippen molar-refractivity contribution in [3.05, 3.63) is 53.3 Å². The van der Waals surface area contributed by atoms with Gasteiger partial charge in [0.1, 0.15) is 5.75 Å². The summed E-state index contributed by atoms with van der Waals surface area (Å²) in [6, 6.07) is 8.01. The van der Waals surface area contributed by atoms with Crippen molar-refractivity contribution in [2.45, 2.75) is 12.8 Å². The molecule has 130 valence electrons. The second kappa shape index (κ2) is 6.84. The lowest BCUT2D eigenvalue weighted by molar-refractivity contribution is 0.0936. The van der Waals surface area contributed by atoms with Gasteiger partial charge in [0.25, 0.3) is 0 Å². The van der Waals surface area contributed by atoms with Gasteiger partial charge < -0.3 is 14.4 Å². The van der Waals surface area contributed by atoms with Crippen molar-refractivity contribution in [2.24, 2.45) is 5.92 Å². The van der Waals surface area contributed by atoms with Gasteiger partial charge >= 0.3 is 0 Å². The number of hydrogen-bond donors (Lipinski definition) is 0. The van der Waals surface area contributed by atoms with Gasteiger partial charge in [-0.1, -0.05) is 6.07 Å². The van der Waals surface area contributed by atoms with Crippen molar-refractivity contribution >= 4 is 11.5 Å². The smallest absolute Gasteiger partial charge is 0.167 e. The molecule has 2 aliphatic rings. The van der Waals surface area contributed by atoms with Gasteiger partial charge in [0.2, 0.25) is 0 Å². The summed E-state index contributed by atoms with van der Waals surface area (Å²) in [5.41, 5.74) is 4.11. The molecule has 0 spiro atoms. The van der Waals surface area contributed by atoms with Gasteiger partial charge in [-0.3, -0.25) is 9.78 Å². The second-order valence-corrected chi connectivity index (χ2v) is 6.61. The van der Waals surface area contributed by atoms with Gasteiger partial charge in [0.15, 0.2) is 5.78 Å². The zero-order valence-electron chi connectivity index (χ0n) is 14.4. The largest absolute Gasteiger partial charge is 0.495 e. The molecule has 1 aliphatic heterocycles. The molecule has 1 fully saturated rings. The Bertz CT molecular complexity index is 770. The minimum absolute atomic E-state index is 0.0103. The lowest BCUT2D eigenvalue weighted by Gasteiger charge is -2.30. The number of ketones is 1. The Labute approximate surface area is 147 Å². The number of Topliss-reactive ketones (excluding diaryl/α,β-unsaturated/α-hetero) is 1. The first kappa shape index (κ1) is 16.1. The third kappa shape index (κ3) is 3.12. The fraction of sp³-hybridized carbons (Fsp3) is 0.400. The monoisotopic (exact) mass is 338 g/mol. The maximum absolute atomic E-state index is 12.8. The van der Waals surface area contributed by atoms with E-state index in [1.54, 1.807) is 13.3 Å². The Balaban J connectivity index is 1.61. The third-order valence-corrected chi connectivity index (χ3v) is 5.06. The molecule has 0 bridgehead atoms. The highest BCUT2D eigenvalue weighted by atomic mass is 16.5. The molecule has 5 heteroatoms. The van der Waals surface area contributed by atoms with E-state index in [-0.39, 0.29) is 11.7 Å². The summed E-state index contributed by atoms with van der Waals surface area (Å²) in [6.45, 7) is 3.15. The minimum Gasteiger partial charge on any atom is -0.495 e. The van der Waals surface area contributed by atoms with Crippen LogP contribution in [0.3, 0.4) is 0 Å². The number of rotatable bonds is 4. The number of aromatic nitrogens is 1. The fourth-order valence-electron chi connectivity index (χ4n) is 3.77. The standard InChI is InChI=1S/C20H22N2O3/c1-24-19-12-17-15(11-18(19)22-5-7-25-8-6-22)10-16(20(17)23)9-14-3-2-4-21-13-14/h2-4,11-13,16H,5-10H2,1H3. The number of morpholine rings is 1. The molecule has 5 nitrogen and oxygen atoms in total. The topological polar surface area (TPSA) is 51.7 Å². The predicted molar refractivity (Wildman–Crippen MR) is 95.5 cm³/mol. The van der Waals surface area contributed by atoms with Crippen LogP contribution in [0, 0.1) is 5.92 Å². The van der Waals surface area contributed by atoms with E-state index in [0.717, 1.165) is 67.3 Å². The van der Waals surface area contributed by atoms with E-state index in [9.17, 15) is 4.79 Å². The van der Waals surface area contributed by atoms with Crippen molar-refractivity contribution in [1.29, 1.82) is 0 Å². The molecule has 4 rings (SSSR count). The molecule has 2 heterocycles. The number of carbonyl (C=O) groups is 1. The first-order valence-electron chi connectivity index (χ1n) is 8.73. The van der Waals surface area contributed by atoms with Crippen LogP contribution in [-0.2, 0) is 17.6 Å². The van der Waals surface area contributed by atoms with E-state index in [1.165, 1.54) is 0 Å². The van der Waals surface area contributed by atoms with Gasteiger partial charge in [-0.15, -0.1) is 0 Å². The van der Waals surface area contributed by atoms with Crippen LogP contribution >= 0.6 is 0 Å². The number of hydrogen-bond acceptors (Lipinski definition) is 5. The van der Waals surface area contributed by atoms with Crippen molar-refractivity contribution in [3.8, 4) is 5.75 Å². The number of nitrogens with zero attached hydrogens (tertiary/aromatic N) is 2. The van der Waals surface area contributed by atoms with Crippen molar-refractivity contribution in [2.75, 3.05) is 38.3 Å². The van der Waals surface area contributed by atoms with Crippen LogP contribution in [0.4, 0.5) is 5.69 Å². The zero-order chi connectivity index (χ0) is 17.2. The second-order valence-electron chi connectivity index (χ2n) is 6.61. The summed E-state index contributed by atoms with van der Waals surface area (Å²) in [7, 11) is 1.66. The summed E-state index contributed by atoms with van der Waals surface area (Å²) < 4.78 is 11.0. The van der Waals surface area contributed by atoms with Crippen LogP contribution in [0.2, 0.25) is 0 Å². The number of ether oxygens (including phenoxy) is 2. The average molecular weight is 338 g/mol. The molecule has 2 aromatic rings. The van der Waals surface area contributed by atoms with Crippen LogP contribution in [0.15, 0.2) is 36.7 Å². The van der Waals surface area contributed by atoms with Crippen LogP contribution in [0.5, 0.6) is 5.75 Å². The summed E-state index contributed by atoms with van der Waals surface area (Å²) in [5.74, 6) is 0.977. The Morgan fingerprint density at radius 1 is 1.32 bits per heavy atom. The number of carbonyl (C=O) groups excluding carboxylic acids is 1. The molecular weight excluding hydrogens is 316 g/mol. The van der Waals surface area contributed by atoms with Crippen molar-refractivity contribution in [1.82, 2.24) is 4.98 Å². The van der Waals surface area contributed by atoms with Crippen LogP contribution in [-0.4, -0.2) is 44.2 Å². The third-order valence-electron chi connectivity index (χ3n) is 5.06. The molecule has 0 N–H and O–H groups in total. The zero-order valence-corrected chi connectivity index (χ0v) is 14.4. The van der Waals surface area contributed by atoms with Crippen molar-refractivity contribution < 1.29 is 14.3 Å². The molecule has 1 aromatic heterocycles. The maximum atomic E-state index is 12.8. The number of anilines is 1. The maximum Gasteiger partial charge on any atom is 0.167 e. The number of pyridine rings is 1. The molecule has 1 unspecified atom stereocenters. The van der Waals surface area contributed by atoms with E-state index < -0.39 is 0 Å². The van der Waals surface area contributed by atoms with Gasteiger partial charge in [-0.05, 0) is 42.2 Å². The fourth-order valence-corrected chi connectivity index (χ4v) is 3.77. The minimum atomic E-state index is -0.0103. The van der Waals surface area contributed by atoms with Gasteiger partial charge in [-0.25, -0.2) is 0 Å². The Morgan fingerprint density at radius 2 is 2.16 bits per heavy atom. The molecule has 1 saturated heterocycles. The normalized spacial score (nSPS) is 19.8. The van der Waals surface area contributed by atoms with Gasteiger partial charge in [0, 0.05) is 37.0 Å². The lowest BCUT2D eigenvalue weighted by Crippen LogP contribution is -2.36. The molecule has 1 aliphatic carbocycles. The molecule has 25 heavy (non-hydrogen) atoms. The van der Waals surface area contributed by atoms with Gasteiger partial charge in [0.05, 0.1) is 26.0 Å². The number of fused-ring (bicyclic) bond motifs is 1. The molecular formula is C20H22N2O3. The number of benzene rings is 1. The number of methoxy groups -OCH3 is 1. The van der Waals surface area contributed by atoms with Crippen LogP contribution in [0.1, 0.15) is 21.5 Å². The summed E-state index contributed by atoms with van der Waals surface area (Å²) >= 11 is 0. The Kier molecular flexibility index (Phi) is 4.40. The highest BCUT2D eigenvalue weighted by molar-refractivity contribution is 6.03. The SMILES string of the molecule is COc1cc2c(cc1N1CCOCC1)CC(Cc1cccnc1)C2=O. The van der Waals surface area contributed by atoms with Crippen LogP contribution in [0.25, 0.3) is 0 Å². The van der Waals surface area contributed by atoms with Crippen molar-refractivity contribution in [3.63, 3.8) is 0 Å². The quantitative estimate of drug-likeness (QED) is 0.857.